The van der Waals surface area contributed by atoms with E-state index in [1.807, 2.05) is 0 Å². The predicted molar refractivity (Wildman–Crippen MR) is 108 cm³/mol. The zero-order chi connectivity index (χ0) is 20.8. The molecule has 146 valence electrons. The molecule has 2 aromatic carbocycles. The molecule has 1 amide bonds. The summed E-state index contributed by atoms with van der Waals surface area (Å²) in [6, 6.07) is 15.7. The Kier molecular flexibility index (Phi) is 5.90. The van der Waals surface area contributed by atoms with Gasteiger partial charge in [-0.15, -0.1) is 0 Å². The lowest BCUT2D eigenvalue weighted by Gasteiger charge is -2.14. The van der Waals surface area contributed by atoms with Crippen molar-refractivity contribution in [3.63, 3.8) is 0 Å². The summed E-state index contributed by atoms with van der Waals surface area (Å²) >= 11 is 0. The highest BCUT2D eigenvalue weighted by Crippen LogP contribution is 2.24. The van der Waals surface area contributed by atoms with Crippen LogP contribution in [0.4, 0.5) is 0 Å². The lowest BCUT2D eigenvalue weighted by molar-refractivity contribution is -0.120. The zero-order valence-electron chi connectivity index (χ0n) is 15.6. The van der Waals surface area contributed by atoms with Gasteiger partial charge in [-0.25, -0.2) is 5.43 Å². The first-order valence-corrected chi connectivity index (χ1v) is 8.71. The molecule has 0 atom stereocenters. The van der Waals surface area contributed by atoms with E-state index in [9.17, 15) is 14.7 Å². The Balaban J connectivity index is 2.05. The molecule has 0 saturated carbocycles. The number of ether oxygens (including phenoxy) is 1. The van der Waals surface area contributed by atoms with Crippen molar-refractivity contribution in [2.45, 2.75) is 13.0 Å². The summed E-state index contributed by atoms with van der Waals surface area (Å²) in [6.45, 7) is 0.140. The number of benzene rings is 2. The van der Waals surface area contributed by atoms with Crippen LogP contribution in [0.3, 0.4) is 0 Å². The molecule has 8 nitrogen and oxygen atoms in total. The molecule has 1 heterocycles. The number of nitrogens with zero attached hydrogens (tertiary/aromatic N) is 3. The molecule has 0 fully saturated rings. The molecule has 3 aromatic rings. The number of amides is 1. The number of fused-ring (bicyclic) bond motifs is 1. The standard InChI is InChI=1S/C21H18N4O4/c1-29-15-8-6-14(7-9-15)13-25-20(27)17-5-3-2-4-16(17)18(21(25)28)12-23-24-19(26)10-11-22/h2-9,12,28H,10,13H2,1H3,(H,24,26)/b23-12+. The second-order valence-electron chi connectivity index (χ2n) is 6.15. The number of pyridine rings is 1. The van der Waals surface area contributed by atoms with E-state index < -0.39 is 5.91 Å². The number of carbonyl (C=O) groups is 1. The summed E-state index contributed by atoms with van der Waals surface area (Å²) in [7, 11) is 1.57. The fourth-order valence-corrected chi connectivity index (χ4v) is 2.88. The topological polar surface area (TPSA) is 117 Å². The van der Waals surface area contributed by atoms with Crippen molar-refractivity contribution in [1.29, 1.82) is 5.26 Å². The third-order valence-corrected chi connectivity index (χ3v) is 4.31. The van der Waals surface area contributed by atoms with Gasteiger partial charge < -0.3 is 9.84 Å². The van der Waals surface area contributed by atoms with Gasteiger partial charge in [0.1, 0.15) is 12.2 Å². The predicted octanol–water partition coefficient (Wildman–Crippen LogP) is 2.13. The van der Waals surface area contributed by atoms with Crippen molar-refractivity contribution >= 4 is 22.9 Å². The normalized spacial score (nSPS) is 10.8. The first-order chi connectivity index (χ1) is 14.0. The first-order valence-electron chi connectivity index (χ1n) is 8.71. The Morgan fingerprint density at radius 3 is 2.59 bits per heavy atom. The molecular weight excluding hydrogens is 372 g/mol. The van der Waals surface area contributed by atoms with Gasteiger partial charge in [0.15, 0.2) is 0 Å². The summed E-state index contributed by atoms with van der Waals surface area (Å²) in [5.41, 5.74) is 2.95. The summed E-state index contributed by atoms with van der Waals surface area (Å²) in [4.78, 5) is 24.3. The van der Waals surface area contributed by atoms with Crippen molar-refractivity contribution in [1.82, 2.24) is 9.99 Å². The summed E-state index contributed by atoms with van der Waals surface area (Å²) < 4.78 is 6.37. The number of hydrazone groups is 1. The molecule has 2 N–H and O–H groups in total. The third kappa shape index (κ3) is 4.25. The Bertz CT molecular complexity index is 1170. The van der Waals surface area contributed by atoms with Crippen LogP contribution in [0.5, 0.6) is 11.6 Å². The summed E-state index contributed by atoms with van der Waals surface area (Å²) in [6.07, 6.45) is 0.929. The maximum Gasteiger partial charge on any atom is 0.261 e. The van der Waals surface area contributed by atoms with Crippen LogP contribution in [0.25, 0.3) is 10.8 Å². The van der Waals surface area contributed by atoms with Crippen LogP contribution in [0.1, 0.15) is 17.5 Å². The van der Waals surface area contributed by atoms with E-state index in [2.05, 4.69) is 10.5 Å². The van der Waals surface area contributed by atoms with Gasteiger partial charge in [0.25, 0.3) is 11.5 Å². The average molecular weight is 390 g/mol. The van der Waals surface area contributed by atoms with Gasteiger partial charge in [-0.1, -0.05) is 30.3 Å². The van der Waals surface area contributed by atoms with Gasteiger partial charge in [-0.05, 0) is 23.8 Å². The number of aromatic hydroxyl groups is 1. The Labute approximate surface area is 166 Å². The number of methoxy groups -OCH3 is 1. The summed E-state index contributed by atoms with van der Waals surface area (Å²) in [5.74, 6) is -0.160. The van der Waals surface area contributed by atoms with Crippen molar-refractivity contribution < 1.29 is 14.6 Å². The first kappa shape index (κ1) is 19.6. The van der Waals surface area contributed by atoms with Gasteiger partial charge in [-0.3, -0.25) is 14.2 Å². The highest BCUT2D eigenvalue weighted by Gasteiger charge is 2.15. The van der Waals surface area contributed by atoms with Gasteiger partial charge in [0.2, 0.25) is 5.88 Å². The number of hydrogen-bond acceptors (Lipinski definition) is 6. The van der Waals surface area contributed by atoms with Crippen LogP contribution < -0.4 is 15.7 Å². The van der Waals surface area contributed by atoms with E-state index in [0.717, 1.165) is 5.56 Å². The van der Waals surface area contributed by atoms with Crippen molar-refractivity contribution in [3.05, 3.63) is 70.0 Å². The smallest absolute Gasteiger partial charge is 0.261 e. The second-order valence-corrected chi connectivity index (χ2v) is 6.15. The average Bonchev–Trinajstić information content (AvgIpc) is 2.74. The molecule has 0 saturated heterocycles. The Morgan fingerprint density at radius 2 is 1.93 bits per heavy atom. The van der Waals surface area contributed by atoms with E-state index in [-0.39, 0.29) is 30.0 Å². The molecule has 0 aliphatic heterocycles. The number of nitriles is 1. The molecule has 0 aliphatic rings. The van der Waals surface area contributed by atoms with E-state index in [1.54, 1.807) is 61.7 Å². The minimum Gasteiger partial charge on any atom is -0.497 e. The maximum absolute atomic E-state index is 12.9. The fraction of sp³-hybridized carbons (Fsp3) is 0.143. The van der Waals surface area contributed by atoms with E-state index in [0.29, 0.717) is 16.5 Å². The minimum atomic E-state index is -0.570. The Hall–Kier alpha value is -4.12. The molecule has 0 radical (unpaired) electrons. The summed E-state index contributed by atoms with van der Waals surface area (Å²) in [5, 5.41) is 24.0. The molecule has 0 bridgehead atoms. The SMILES string of the molecule is COc1ccc(Cn2c(O)c(/C=N/NC(=O)CC#N)c3ccccc3c2=O)cc1. The third-order valence-electron chi connectivity index (χ3n) is 4.31. The molecule has 3 rings (SSSR count). The minimum absolute atomic E-state index is 0.140. The maximum atomic E-state index is 12.9. The monoisotopic (exact) mass is 390 g/mol. The van der Waals surface area contributed by atoms with Crippen LogP contribution >= 0.6 is 0 Å². The quantitative estimate of drug-likeness (QED) is 0.494. The number of aromatic nitrogens is 1. The van der Waals surface area contributed by atoms with Gasteiger partial charge in [-0.2, -0.15) is 10.4 Å². The molecule has 0 aliphatic carbocycles. The van der Waals surface area contributed by atoms with Crippen molar-refractivity contribution in [2.24, 2.45) is 5.10 Å². The van der Waals surface area contributed by atoms with Crippen LogP contribution in [0, 0.1) is 11.3 Å². The highest BCUT2D eigenvalue weighted by molar-refractivity contribution is 6.01. The molecular formula is C21H18N4O4. The fourth-order valence-electron chi connectivity index (χ4n) is 2.88. The van der Waals surface area contributed by atoms with Gasteiger partial charge in [0, 0.05) is 10.8 Å². The van der Waals surface area contributed by atoms with E-state index in [4.69, 9.17) is 10.00 Å². The Morgan fingerprint density at radius 1 is 1.24 bits per heavy atom. The molecule has 29 heavy (non-hydrogen) atoms. The van der Waals surface area contributed by atoms with Crippen LogP contribution in [0.2, 0.25) is 0 Å². The number of carbonyl (C=O) groups excluding carboxylic acids is 1. The van der Waals surface area contributed by atoms with Crippen LogP contribution in [-0.4, -0.2) is 28.9 Å². The molecule has 0 spiro atoms. The number of nitrogens with one attached hydrogen (secondary N) is 1. The molecule has 1 aromatic heterocycles. The number of hydrogen-bond donors (Lipinski definition) is 2. The molecule has 8 heteroatoms. The zero-order valence-corrected chi connectivity index (χ0v) is 15.6. The highest BCUT2D eigenvalue weighted by atomic mass is 16.5. The van der Waals surface area contributed by atoms with E-state index in [1.165, 1.54) is 10.8 Å². The van der Waals surface area contributed by atoms with Gasteiger partial charge in [0.05, 0.1) is 31.5 Å². The van der Waals surface area contributed by atoms with Crippen LogP contribution in [0.15, 0.2) is 58.4 Å². The van der Waals surface area contributed by atoms with Gasteiger partial charge >= 0.3 is 0 Å². The molecule has 0 unspecified atom stereocenters. The lowest BCUT2D eigenvalue weighted by Crippen LogP contribution is -2.22. The lowest BCUT2D eigenvalue weighted by atomic mass is 10.1. The van der Waals surface area contributed by atoms with E-state index >= 15 is 0 Å². The second kappa shape index (κ2) is 8.71. The largest absolute Gasteiger partial charge is 0.497 e. The van der Waals surface area contributed by atoms with Crippen molar-refractivity contribution in [3.8, 4) is 17.7 Å². The number of rotatable bonds is 6. The van der Waals surface area contributed by atoms with Crippen molar-refractivity contribution in [2.75, 3.05) is 7.11 Å². The van der Waals surface area contributed by atoms with Crippen LogP contribution in [-0.2, 0) is 11.3 Å².